The van der Waals surface area contributed by atoms with Crippen molar-refractivity contribution in [3.05, 3.63) is 17.7 Å². The zero-order valence-electron chi connectivity index (χ0n) is 13.3. The number of aromatic nitrogens is 2. The summed E-state index contributed by atoms with van der Waals surface area (Å²) < 4.78 is 2.41. The van der Waals surface area contributed by atoms with Gasteiger partial charge < -0.3 is 4.57 Å². The zero-order chi connectivity index (χ0) is 14.1. The molecule has 0 saturated carbocycles. The minimum absolute atomic E-state index is 0.644. The largest absolute Gasteiger partial charge is 0.334 e. The van der Waals surface area contributed by atoms with Crippen molar-refractivity contribution in [2.45, 2.75) is 83.8 Å². The summed E-state index contributed by atoms with van der Waals surface area (Å²) in [6, 6.07) is 1.37. The average molecular weight is 275 g/mol. The summed E-state index contributed by atoms with van der Waals surface area (Å²) in [5, 5.41) is 0. The van der Waals surface area contributed by atoms with E-state index in [2.05, 4.69) is 36.4 Å². The van der Waals surface area contributed by atoms with Crippen molar-refractivity contribution in [1.29, 1.82) is 0 Å². The summed E-state index contributed by atoms with van der Waals surface area (Å²) >= 11 is 0. The van der Waals surface area contributed by atoms with Crippen molar-refractivity contribution < 1.29 is 0 Å². The minimum Gasteiger partial charge on any atom is -0.334 e. The lowest BCUT2D eigenvalue weighted by atomic mass is 9.97. The first-order chi connectivity index (χ1) is 9.65. The molecule has 0 bridgehead atoms. The third kappa shape index (κ3) is 2.78. The summed E-state index contributed by atoms with van der Waals surface area (Å²) in [7, 11) is 0. The Bertz CT molecular complexity index is 449. The maximum absolute atomic E-state index is 4.96. The molecule has 3 rings (SSSR count). The number of imidazole rings is 1. The number of rotatable bonds is 3. The van der Waals surface area contributed by atoms with Crippen molar-refractivity contribution in [2.24, 2.45) is 0 Å². The van der Waals surface area contributed by atoms with Crippen LogP contribution in [0.15, 0.2) is 6.20 Å². The second kappa shape index (κ2) is 5.88. The molecule has 3 nitrogen and oxygen atoms in total. The van der Waals surface area contributed by atoms with Gasteiger partial charge in [0.25, 0.3) is 0 Å². The fraction of sp³-hybridized carbons (Fsp3) is 0.824. The highest BCUT2D eigenvalue weighted by atomic mass is 15.2. The van der Waals surface area contributed by atoms with E-state index >= 15 is 0 Å². The second-order valence-corrected chi connectivity index (χ2v) is 7.01. The van der Waals surface area contributed by atoms with Gasteiger partial charge in [-0.15, -0.1) is 0 Å². The number of hydrogen-bond donors (Lipinski definition) is 0. The molecular weight excluding hydrogens is 246 g/mol. The summed E-state index contributed by atoms with van der Waals surface area (Å²) in [6.45, 7) is 9.43. The van der Waals surface area contributed by atoms with E-state index in [9.17, 15) is 0 Å². The predicted octanol–water partition coefficient (Wildman–Crippen LogP) is 3.59. The summed E-state index contributed by atoms with van der Waals surface area (Å²) in [5.74, 6) is 1.98. The van der Waals surface area contributed by atoms with Gasteiger partial charge in [0.05, 0.1) is 5.69 Å². The third-order valence-electron chi connectivity index (χ3n) is 5.11. The first kappa shape index (κ1) is 14.1. The lowest BCUT2D eigenvalue weighted by Gasteiger charge is -2.38. The van der Waals surface area contributed by atoms with E-state index in [1.54, 1.807) is 0 Å². The molecule has 0 radical (unpaired) electrons. The Morgan fingerprint density at radius 3 is 2.80 bits per heavy atom. The van der Waals surface area contributed by atoms with Crippen molar-refractivity contribution in [1.82, 2.24) is 14.5 Å². The Balaban J connectivity index is 1.73. The van der Waals surface area contributed by atoms with Crippen molar-refractivity contribution in [3.8, 4) is 0 Å². The summed E-state index contributed by atoms with van der Waals surface area (Å²) in [4.78, 5) is 7.64. The molecule has 0 spiro atoms. The van der Waals surface area contributed by atoms with Gasteiger partial charge in [-0.25, -0.2) is 4.98 Å². The minimum atomic E-state index is 0.644. The molecule has 0 aromatic carbocycles. The molecule has 2 atom stereocenters. The highest BCUT2D eigenvalue weighted by Gasteiger charge is 2.26. The lowest BCUT2D eigenvalue weighted by Crippen LogP contribution is -2.45. The summed E-state index contributed by atoms with van der Waals surface area (Å²) in [6.07, 6.45) is 10.2. The molecule has 1 fully saturated rings. The first-order valence-electron chi connectivity index (χ1n) is 8.47. The topological polar surface area (TPSA) is 21.1 Å². The summed E-state index contributed by atoms with van der Waals surface area (Å²) in [5.41, 5.74) is 1.33. The van der Waals surface area contributed by atoms with Crippen LogP contribution in [0.3, 0.4) is 0 Å². The van der Waals surface area contributed by atoms with E-state index in [4.69, 9.17) is 4.98 Å². The Morgan fingerprint density at radius 2 is 2.05 bits per heavy atom. The van der Waals surface area contributed by atoms with Crippen LogP contribution in [0.2, 0.25) is 0 Å². The standard InChI is InChI=1S/C17H29N3/c1-13(2)20-10-5-4-8-16(20)11-15-12-19-9-6-7-14(3)17(19)18-15/h12-14,16H,4-11H2,1-3H3. The van der Waals surface area contributed by atoms with Gasteiger partial charge in [0.2, 0.25) is 0 Å². The number of likely N-dealkylation sites (tertiary alicyclic amines) is 1. The van der Waals surface area contributed by atoms with E-state index in [-0.39, 0.29) is 0 Å². The number of nitrogens with zero attached hydrogens (tertiary/aromatic N) is 3. The molecule has 0 amide bonds. The van der Waals surface area contributed by atoms with Crippen molar-refractivity contribution in [3.63, 3.8) is 0 Å². The van der Waals surface area contributed by atoms with Gasteiger partial charge in [0.15, 0.2) is 0 Å². The Labute approximate surface area is 123 Å². The van der Waals surface area contributed by atoms with Crippen LogP contribution in [0.25, 0.3) is 0 Å². The van der Waals surface area contributed by atoms with Crippen molar-refractivity contribution >= 4 is 0 Å². The van der Waals surface area contributed by atoms with E-state index < -0.39 is 0 Å². The number of aryl methyl sites for hydroxylation is 1. The molecule has 1 saturated heterocycles. The van der Waals surface area contributed by atoms with Gasteiger partial charge >= 0.3 is 0 Å². The number of piperidine rings is 1. The van der Waals surface area contributed by atoms with Gasteiger partial charge in [-0.2, -0.15) is 0 Å². The first-order valence-corrected chi connectivity index (χ1v) is 8.47. The zero-order valence-corrected chi connectivity index (χ0v) is 13.3. The molecule has 1 aromatic rings. The molecule has 2 aliphatic heterocycles. The van der Waals surface area contributed by atoms with Crippen LogP contribution in [-0.4, -0.2) is 33.1 Å². The van der Waals surface area contributed by atoms with Gasteiger partial charge in [-0.3, -0.25) is 4.90 Å². The molecule has 20 heavy (non-hydrogen) atoms. The molecule has 2 aliphatic rings. The lowest BCUT2D eigenvalue weighted by molar-refractivity contribution is 0.111. The smallest absolute Gasteiger partial charge is 0.111 e. The second-order valence-electron chi connectivity index (χ2n) is 7.01. The molecule has 0 N–H and O–H groups in total. The average Bonchev–Trinajstić information content (AvgIpc) is 2.83. The highest BCUT2D eigenvalue weighted by molar-refractivity contribution is 5.11. The maximum Gasteiger partial charge on any atom is 0.111 e. The van der Waals surface area contributed by atoms with Gasteiger partial charge in [0.1, 0.15) is 5.82 Å². The van der Waals surface area contributed by atoms with E-state index in [1.807, 2.05) is 0 Å². The Morgan fingerprint density at radius 1 is 1.20 bits per heavy atom. The molecule has 1 aromatic heterocycles. The highest BCUT2D eigenvalue weighted by Crippen LogP contribution is 2.28. The van der Waals surface area contributed by atoms with Crippen LogP contribution in [0.4, 0.5) is 0 Å². The number of hydrogen-bond acceptors (Lipinski definition) is 2. The molecule has 112 valence electrons. The third-order valence-corrected chi connectivity index (χ3v) is 5.11. The fourth-order valence-electron chi connectivity index (χ4n) is 4.02. The van der Waals surface area contributed by atoms with Crippen LogP contribution < -0.4 is 0 Å². The van der Waals surface area contributed by atoms with Crippen LogP contribution in [0.1, 0.15) is 70.3 Å². The molecule has 3 heteroatoms. The predicted molar refractivity (Wildman–Crippen MR) is 83.1 cm³/mol. The molecule has 3 heterocycles. The van der Waals surface area contributed by atoms with Crippen LogP contribution in [-0.2, 0) is 13.0 Å². The van der Waals surface area contributed by atoms with E-state index in [0.717, 1.165) is 6.42 Å². The van der Waals surface area contributed by atoms with Crippen molar-refractivity contribution in [2.75, 3.05) is 6.54 Å². The normalized spacial score (nSPS) is 27.8. The van der Waals surface area contributed by atoms with Gasteiger partial charge in [0, 0.05) is 37.2 Å². The molecular formula is C17H29N3. The molecule has 2 unspecified atom stereocenters. The van der Waals surface area contributed by atoms with Crippen LogP contribution in [0.5, 0.6) is 0 Å². The quantitative estimate of drug-likeness (QED) is 0.840. The number of fused-ring (bicyclic) bond motifs is 1. The fourth-order valence-corrected chi connectivity index (χ4v) is 4.02. The monoisotopic (exact) mass is 275 g/mol. The Kier molecular flexibility index (Phi) is 4.16. The van der Waals surface area contributed by atoms with Crippen LogP contribution >= 0.6 is 0 Å². The SMILES string of the molecule is CC1CCCn2cc(CC3CCCCN3C(C)C)nc21. The maximum atomic E-state index is 4.96. The van der Waals surface area contributed by atoms with Gasteiger partial charge in [-0.05, 0) is 46.1 Å². The van der Waals surface area contributed by atoms with E-state index in [0.29, 0.717) is 18.0 Å². The Hall–Kier alpha value is -0.830. The molecule has 0 aliphatic carbocycles. The van der Waals surface area contributed by atoms with Crippen LogP contribution in [0, 0.1) is 0 Å². The van der Waals surface area contributed by atoms with Gasteiger partial charge in [-0.1, -0.05) is 13.3 Å². The van der Waals surface area contributed by atoms with E-state index in [1.165, 1.54) is 56.7 Å².